The molecule has 9 nitrogen and oxygen atoms in total. The lowest BCUT2D eigenvalue weighted by Gasteiger charge is -2.24. The molecule has 0 aliphatic heterocycles. The van der Waals surface area contributed by atoms with E-state index in [9.17, 15) is 19.0 Å². The maximum absolute atomic E-state index is 12.8. The van der Waals surface area contributed by atoms with E-state index in [0.29, 0.717) is 17.4 Å². The number of nitrogens with zero attached hydrogens (tertiary/aromatic N) is 1. The lowest BCUT2D eigenvalue weighted by Crippen LogP contribution is -2.37. The first-order chi connectivity index (χ1) is 37.0. The number of esters is 2. The van der Waals surface area contributed by atoms with Crippen LogP contribution >= 0.6 is 7.82 Å². The number of unbranched alkanes of at least 4 members (excludes halogenated alkanes) is 26. The Hall–Kier alpha value is -3.07. The summed E-state index contributed by atoms with van der Waals surface area (Å²) in [6, 6.07) is 0. The second-order valence-electron chi connectivity index (χ2n) is 21.7. The van der Waals surface area contributed by atoms with Crippen molar-refractivity contribution in [2.75, 3.05) is 47.5 Å². The normalized spacial score (nSPS) is 13.9. The summed E-state index contributed by atoms with van der Waals surface area (Å²) < 4.78 is 34.6. The van der Waals surface area contributed by atoms with Gasteiger partial charge >= 0.3 is 19.8 Å². The summed E-state index contributed by atoms with van der Waals surface area (Å²) in [5.41, 5.74) is 0. The van der Waals surface area contributed by atoms with Gasteiger partial charge in [-0.05, 0) is 96.3 Å². The molecule has 2 unspecified atom stereocenters. The van der Waals surface area contributed by atoms with E-state index in [1.54, 1.807) is 0 Å². The minimum atomic E-state index is -4.40. The van der Waals surface area contributed by atoms with Gasteiger partial charge in [-0.25, -0.2) is 4.57 Å². The lowest BCUT2D eigenvalue weighted by molar-refractivity contribution is -0.870. The molecule has 0 saturated heterocycles. The number of rotatable bonds is 56. The molecule has 438 valence electrons. The molecule has 1 N–H and O–H groups in total. The number of carbonyl (C=O) groups is 2. The number of phosphoric ester groups is 1. The third kappa shape index (κ3) is 60.2. The van der Waals surface area contributed by atoms with Crippen LogP contribution in [0.5, 0.6) is 0 Å². The van der Waals surface area contributed by atoms with Gasteiger partial charge in [-0.2, -0.15) is 0 Å². The molecule has 0 aliphatic carbocycles. The largest absolute Gasteiger partial charge is 0.472 e. The second-order valence-corrected chi connectivity index (χ2v) is 23.2. The molecular formula is C66H117NO8P+. The summed E-state index contributed by atoms with van der Waals surface area (Å²) in [6.07, 6.45) is 77.6. The van der Waals surface area contributed by atoms with Crippen molar-refractivity contribution in [3.8, 4) is 0 Å². The van der Waals surface area contributed by atoms with Crippen molar-refractivity contribution in [3.05, 3.63) is 97.2 Å². The Labute approximate surface area is 468 Å². The van der Waals surface area contributed by atoms with E-state index >= 15 is 0 Å². The molecule has 0 fully saturated rings. The number of likely N-dealkylation sites (N-methyl/N-ethyl adjacent to an activating group) is 1. The molecule has 76 heavy (non-hydrogen) atoms. The van der Waals surface area contributed by atoms with Crippen LogP contribution in [0.25, 0.3) is 0 Å². The minimum absolute atomic E-state index is 0.0257. The molecule has 0 bridgehead atoms. The molecule has 0 aromatic carbocycles. The summed E-state index contributed by atoms with van der Waals surface area (Å²) in [4.78, 5) is 35.8. The molecule has 2 atom stereocenters. The second kappa shape index (κ2) is 56.6. The molecule has 0 saturated carbocycles. The predicted molar refractivity (Wildman–Crippen MR) is 325 cm³/mol. The van der Waals surface area contributed by atoms with E-state index in [2.05, 4.69) is 111 Å². The average molecular weight is 1080 g/mol. The molecule has 0 rings (SSSR count). The monoisotopic (exact) mass is 1080 g/mol. The third-order valence-corrected chi connectivity index (χ3v) is 14.1. The van der Waals surface area contributed by atoms with Gasteiger partial charge in [-0.1, -0.05) is 246 Å². The maximum atomic E-state index is 12.8. The molecule has 0 aromatic heterocycles. The first-order valence-electron chi connectivity index (χ1n) is 31.0. The highest BCUT2D eigenvalue weighted by Crippen LogP contribution is 2.43. The molecular weight excluding hydrogens is 966 g/mol. The molecule has 0 aliphatic rings. The SMILES string of the molecule is CC/C=C\C/C=C\C/C=C\C/C=C\C/C=C\C/C=C\CCCCCCCCCCC(=O)OC(COC(=O)CCCCCCCCCCCCCCC/C=C\C/C=C\CCCCCCC)COP(=O)(O)OCC[N+](C)(C)C. The highest BCUT2D eigenvalue weighted by atomic mass is 31.2. The Balaban J connectivity index is 4.17. The van der Waals surface area contributed by atoms with Gasteiger partial charge < -0.3 is 18.9 Å². The first kappa shape index (κ1) is 72.9. The fourth-order valence-electron chi connectivity index (χ4n) is 8.34. The molecule has 0 spiro atoms. The zero-order chi connectivity index (χ0) is 55.6. The van der Waals surface area contributed by atoms with Gasteiger partial charge in [0.2, 0.25) is 0 Å². The summed E-state index contributed by atoms with van der Waals surface area (Å²) in [7, 11) is 1.46. The van der Waals surface area contributed by atoms with Gasteiger partial charge in [0.25, 0.3) is 0 Å². The maximum Gasteiger partial charge on any atom is 0.472 e. The average Bonchev–Trinajstić information content (AvgIpc) is 3.38. The first-order valence-corrected chi connectivity index (χ1v) is 32.5. The Morgan fingerprint density at radius 1 is 0.421 bits per heavy atom. The fraction of sp³-hybridized carbons (Fsp3) is 0.727. The van der Waals surface area contributed by atoms with Gasteiger partial charge in [0.1, 0.15) is 19.8 Å². The van der Waals surface area contributed by atoms with Crippen LogP contribution in [0.2, 0.25) is 0 Å². The smallest absolute Gasteiger partial charge is 0.462 e. The molecule has 0 radical (unpaired) electrons. The summed E-state index contributed by atoms with van der Waals surface area (Å²) in [6.45, 7) is 4.31. The lowest BCUT2D eigenvalue weighted by atomic mass is 10.0. The summed E-state index contributed by atoms with van der Waals surface area (Å²) in [5.74, 6) is -0.807. The van der Waals surface area contributed by atoms with Crippen LogP contribution in [-0.4, -0.2) is 74.9 Å². The highest BCUT2D eigenvalue weighted by molar-refractivity contribution is 7.47. The zero-order valence-electron chi connectivity index (χ0n) is 49.7. The number of ether oxygens (including phenoxy) is 2. The zero-order valence-corrected chi connectivity index (χ0v) is 50.6. The van der Waals surface area contributed by atoms with Gasteiger partial charge in [0.05, 0.1) is 27.7 Å². The molecule has 10 heteroatoms. The van der Waals surface area contributed by atoms with Crippen molar-refractivity contribution in [3.63, 3.8) is 0 Å². The number of allylic oxidation sites excluding steroid dienone is 16. The van der Waals surface area contributed by atoms with E-state index in [0.717, 1.165) is 89.9 Å². The molecule has 0 heterocycles. The van der Waals surface area contributed by atoms with Crippen LogP contribution in [0, 0.1) is 0 Å². The van der Waals surface area contributed by atoms with Crippen LogP contribution in [0.1, 0.15) is 258 Å². The number of phosphoric acid groups is 1. The standard InChI is InChI=1S/C66H116NO8P/c1-6-8-10-12-14-16-18-20-22-24-26-28-30-32-33-35-37-39-41-43-45-47-49-51-53-55-57-59-66(69)75-64(63-74-76(70,71)73-61-60-67(3,4)5)62-72-65(68)58-56-54-52-50-48-46-44-42-40-38-36-34-31-29-27-25-23-21-19-17-15-13-11-9-7-2/h8,10,14,16,19-22,25-28,32-33,37,39,64H,6-7,9,11-13,15,17-18,23-24,29-31,34-36,38,40-63H2,1-5H3/p+1/b10-8-,16-14-,21-19-,22-20-,27-25-,28-26-,33-32-,39-37-. The van der Waals surface area contributed by atoms with E-state index in [1.165, 1.54) is 135 Å². The predicted octanol–water partition coefficient (Wildman–Crippen LogP) is 19.6. The van der Waals surface area contributed by atoms with Crippen LogP contribution in [0.3, 0.4) is 0 Å². The van der Waals surface area contributed by atoms with Gasteiger partial charge in [0, 0.05) is 12.8 Å². The Morgan fingerprint density at radius 2 is 0.750 bits per heavy atom. The fourth-order valence-corrected chi connectivity index (χ4v) is 9.09. The van der Waals surface area contributed by atoms with Crippen molar-refractivity contribution in [1.82, 2.24) is 0 Å². The van der Waals surface area contributed by atoms with Crippen LogP contribution < -0.4 is 0 Å². The van der Waals surface area contributed by atoms with E-state index in [4.69, 9.17) is 18.5 Å². The summed E-state index contributed by atoms with van der Waals surface area (Å²) >= 11 is 0. The number of hydrogen-bond acceptors (Lipinski definition) is 7. The molecule has 0 amide bonds. The van der Waals surface area contributed by atoms with Crippen molar-refractivity contribution < 1.29 is 42.1 Å². The third-order valence-electron chi connectivity index (χ3n) is 13.1. The topological polar surface area (TPSA) is 108 Å². The van der Waals surface area contributed by atoms with Crippen LogP contribution in [0.15, 0.2) is 97.2 Å². The van der Waals surface area contributed by atoms with Gasteiger partial charge in [-0.15, -0.1) is 0 Å². The number of hydrogen-bond donors (Lipinski definition) is 1. The Bertz CT molecular complexity index is 1600. The van der Waals surface area contributed by atoms with Gasteiger partial charge in [0.15, 0.2) is 6.10 Å². The van der Waals surface area contributed by atoms with Crippen molar-refractivity contribution in [2.45, 2.75) is 264 Å². The quantitative estimate of drug-likeness (QED) is 0.0211. The van der Waals surface area contributed by atoms with Crippen LogP contribution in [-0.2, 0) is 32.7 Å². The molecule has 0 aromatic rings. The van der Waals surface area contributed by atoms with Crippen molar-refractivity contribution >= 4 is 19.8 Å². The van der Waals surface area contributed by atoms with E-state index in [-0.39, 0.29) is 32.0 Å². The van der Waals surface area contributed by atoms with Crippen molar-refractivity contribution in [1.29, 1.82) is 0 Å². The van der Waals surface area contributed by atoms with Crippen LogP contribution in [0.4, 0.5) is 0 Å². The highest BCUT2D eigenvalue weighted by Gasteiger charge is 2.27. The number of carbonyl (C=O) groups excluding carboxylic acids is 2. The van der Waals surface area contributed by atoms with Gasteiger partial charge in [-0.3, -0.25) is 18.6 Å². The minimum Gasteiger partial charge on any atom is -0.462 e. The Morgan fingerprint density at radius 3 is 1.12 bits per heavy atom. The Kier molecular flexibility index (Phi) is 54.4. The van der Waals surface area contributed by atoms with Crippen molar-refractivity contribution in [2.24, 2.45) is 0 Å². The summed E-state index contributed by atoms with van der Waals surface area (Å²) in [5, 5.41) is 0. The number of quaternary nitrogens is 1. The van der Waals surface area contributed by atoms with E-state index in [1.807, 2.05) is 21.1 Å². The van der Waals surface area contributed by atoms with E-state index < -0.39 is 26.5 Å².